The molecule has 0 aliphatic heterocycles. The Balaban J connectivity index is 2.10. The Hall–Kier alpha value is -3.55. The summed E-state index contributed by atoms with van der Waals surface area (Å²) in [7, 11) is 0. The van der Waals surface area contributed by atoms with Crippen molar-refractivity contribution < 1.29 is 28.6 Å². The van der Waals surface area contributed by atoms with Crippen molar-refractivity contribution in [2.45, 2.75) is 19.9 Å². The predicted octanol–water partition coefficient (Wildman–Crippen LogP) is 3.10. The lowest BCUT2D eigenvalue weighted by molar-refractivity contribution is -0.157. The summed E-state index contributed by atoms with van der Waals surface area (Å²) in [5.74, 6) is -0.810. The van der Waals surface area contributed by atoms with E-state index in [2.05, 4.69) is 10.6 Å². The lowest BCUT2D eigenvalue weighted by Crippen LogP contribution is -2.49. The number of urea groups is 1. The zero-order valence-electron chi connectivity index (χ0n) is 15.6. The number of esters is 2. The van der Waals surface area contributed by atoms with E-state index in [1.165, 1.54) is 0 Å². The molecule has 2 amide bonds. The van der Waals surface area contributed by atoms with E-state index in [-0.39, 0.29) is 13.2 Å². The van der Waals surface area contributed by atoms with Crippen LogP contribution in [0.25, 0.3) is 0 Å². The van der Waals surface area contributed by atoms with E-state index in [9.17, 15) is 14.4 Å². The number of nitrogens with one attached hydrogen (secondary N) is 2. The fourth-order valence-corrected chi connectivity index (χ4v) is 2.23. The number of carbonyl (C=O) groups is 3. The molecule has 0 aliphatic carbocycles. The van der Waals surface area contributed by atoms with Crippen molar-refractivity contribution in [1.82, 2.24) is 5.32 Å². The SMILES string of the molecule is CCOC(=O)C(NC(=O)Nc1ccccc1Oc1ccccc1)C(=O)OCC. The summed E-state index contributed by atoms with van der Waals surface area (Å²) in [6.07, 6.45) is 0. The van der Waals surface area contributed by atoms with Crippen molar-refractivity contribution >= 4 is 23.7 Å². The van der Waals surface area contributed by atoms with Gasteiger partial charge in [0, 0.05) is 0 Å². The molecule has 8 nitrogen and oxygen atoms in total. The number of hydrogen-bond acceptors (Lipinski definition) is 6. The average Bonchev–Trinajstić information content (AvgIpc) is 2.69. The van der Waals surface area contributed by atoms with Gasteiger partial charge in [0.2, 0.25) is 6.04 Å². The molecule has 0 aliphatic rings. The van der Waals surface area contributed by atoms with Crippen LogP contribution < -0.4 is 15.4 Å². The quantitative estimate of drug-likeness (QED) is 0.534. The summed E-state index contributed by atoms with van der Waals surface area (Å²) >= 11 is 0. The number of ether oxygens (including phenoxy) is 3. The monoisotopic (exact) mass is 386 g/mol. The van der Waals surface area contributed by atoms with Gasteiger partial charge < -0.3 is 24.8 Å². The molecule has 2 aromatic rings. The molecule has 0 bridgehead atoms. The highest BCUT2D eigenvalue weighted by molar-refractivity contribution is 6.04. The Bertz CT molecular complexity index is 791. The summed E-state index contributed by atoms with van der Waals surface area (Å²) in [4.78, 5) is 36.3. The van der Waals surface area contributed by atoms with E-state index in [1.807, 2.05) is 18.2 Å². The van der Waals surface area contributed by atoms with Gasteiger partial charge >= 0.3 is 18.0 Å². The van der Waals surface area contributed by atoms with Crippen molar-refractivity contribution in [3.63, 3.8) is 0 Å². The zero-order valence-corrected chi connectivity index (χ0v) is 15.6. The van der Waals surface area contributed by atoms with Crippen molar-refractivity contribution in [2.24, 2.45) is 0 Å². The molecule has 0 aromatic heterocycles. The first kappa shape index (κ1) is 20.8. The van der Waals surface area contributed by atoms with Gasteiger partial charge in [0.1, 0.15) is 5.75 Å². The van der Waals surface area contributed by atoms with E-state index in [0.29, 0.717) is 17.2 Å². The van der Waals surface area contributed by atoms with E-state index in [1.54, 1.807) is 50.2 Å². The Morgan fingerprint density at radius 3 is 2.04 bits per heavy atom. The molecule has 0 unspecified atom stereocenters. The number of amides is 2. The fourth-order valence-electron chi connectivity index (χ4n) is 2.23. The first-order valence-electron chi connectivity index (χ1n) is 8.77. The van der Waals surface area contributed by atoms with Gasteiger partial charge in [-0.2, -0.15) is 0 Å². The van der Waals surface area contributed by atoms with Crippen molar-refractivity contribution in [3.8, 4) is 11.5 Å². The number of rotatable bonds is 8. The molecule has 28 heavy (non-hydrogen) atoms. The molecule has 0 fully saturated rings. The molecule has 2 aromatic carbocycles. The highest BCUT2D eigenvalue weighted by Gasteiger charge is 2.31. The first-order valence-corrected chi connectivity index (χ1v) is 8.77. The Morgan fingerprint density at radius 2 is 1.43 bits per heavy atom. The second-order valence-corrected chi connectivity index (χ2v) is 5.45. The molecule has 0 heterocycles. The third-order valence-electron chi connectivity index (χ3n) is 3.43. The van der Waals surface area contributed by atoms with Gasteiger partial charge in [-0.05, 0) is 38.1 Å². The minimum Gasteiger partial charge on any atom is -0.464 e. The molecule has 148 valence electrons. The van der Waals surface area contributed by atoms with Crippen LogP contribution in [0.2, 0.25) is 0 Å². The molecule has 0 spiro atoms. The van der Waals surface area contributed by atoms with Gasteiger partial charge in [-0.3, -0.25) is 0 Å². The van der Waals surface area contributed by atoms with E-state index < -0.39 is 24.0 Å². The fraction of sp³-hybridized carbons (Fsp3) is 0.250. The second kappa shape index (κ2) is 10.6. The molecule has 2 rings (SSSR count). The summed E-state index contributed by atoms with van der Waals surface area (Å²) in [5, 5.41) is 4.84. The largest absolute Gasteiger partial charge is 0.464 e. The van der Waals surface area contributed by atoms with Crippen LogP contribution in [0.3, 0.4) is 0 Å². The maximum atomic E-state index is 12.4. The van der Waals surface area contributed by atoms with Gasteiger partial charge in [-0.15, -0.1) is 0 Å². The number of hydrogen-bond donors (Lipinski definition) is 2. The minimum atomic E-state index is -1.57. The van der Waals surface area contributed by atoms with Gasteiger partial charge in [0.05, 0.1) is 18.9 Å². The van der Waals surface area contributed by atoms with Crippen LogP contribution in [0.15, 0.2) is 54.6 Å². The molecule has 2 N–H and O–H groups in total. The van der Waals surface area contributed by atoms with Crippen molar-refractivity contribution in [1.29, 1.82) is 0 Å². The highest BCUT2D eigenvalue weighted by Crippen LogP contribution is 2.28. The maximum absolute atomic E-state index is 12.4. The van der Waals surface area contributed by atoms with Gasteiger partial charge in [0.25, 0.3) is 0 Å². The summed E-state index contributed by atoms with van der Waals surface area (Å²) in [5.41, 5.74) is 0.357. The molecule has 0 saturated carbocycles. The summed E-state index contributed by atoms with van der Waals surface area (Å²) < 4.78 is 15.4. The van der Waals surface area contributed by atoms with Crippen molar-refractivity contribution in [3.05, 3.63) is 54.6 Å². The van der Waals surface area contributed by atoms with Crippen LogP contribution in [0.5, 0.6) is 11.5 Å². The summed E-state index contributed by atoms with van der Waals surface area (Å²) in [6, 6.07) is 13.5. The molecule has 0 radical (unpaired) electrons. The Kier molecular flexibility index (Phi) is 7.83. The summed E-state index contributed by atoms with van der Waals surface area (Å²) in [6.45, 7) is 3.31. The van der Waals surface area contributed by atoms with Crippen molar-refractivity contribution in [2.75, 3.05) is 18.5 Å². The van der Waals surface area contributed by atoms with Gasteiger partial charge in [0.15, 0.2) is 5.75 Å². The lowest BCUT2D eigenvalue weighted by Gasteiger charge is -2.17. The van der Waals surface area contributed by atoms with E-state index >= 15 is 0 Å². The minimum absolute atomic E-state index is 0.0613. The molecule has 0 atom stereocenters. The normalized spacial score (nSPS) is 10.1. The topological polar surface area (TPSA) is 103 Å². The van der Waals surface area contributed by atoms with Crippen LogP contribution in [0.1, 0.15) is 13.8 Å². The zero-order chi connectivity index (χ0) is 20.4. The highest BCUT2D eigenvalue weighted by atomic mass is 16.6. The van der Waals surface area contributed by atoms with Crippen LogP contribution >= 0.6 is 0 Å². The third-order valence-corrected chi connectivity index (χ3v) is 3.43. The standard InChI is InChI=1S/C20H22N2O6/c1-3-26-18(23)17(19(24)27-4-2)22-20(25)21-15-12-8-9-13-16(15)28-14-10-6-5-7-11-14/h5-13,17H,3-4H2,1-2H3,(H2,21,22,25). The molecule has 8 heteroatoms. The van der Waals surface area contributed by atoms with Gasteiger partial charge in [-0.25, -0.2) is 14.4 Å². The Morgan fingerprint density at radius 1 is 0.857 bits per heavy atom. The van der Waals surface area contributed by atoms with Gasteiger partial charge in [-0.1, -0.05) is 30.3 Å². The number of benzene rings is 2. The van der Waals surface area contributed by atoms with Crippen LogP contribution in [0, 0.1) is 0 Å². The molecular weight excluding hydrogens is 364 g/mol. The van der Waals surface area contributed by atoms with Crippen LogP contribution in [-0.2, 0) is 19.1 Å². The predicted molar refractivity (Wildman–Crippen MR) is 102 cm³/mol. The van der Waals surface area contributed by atoms with Crippen LogP contribution in [0.4, 0.5) is 10.5 Å². The number of anilines is 1. The van der Waals surface area contributed by atoms with E-state index in [0.717, 1.165) is 0 Å². The number of para-hydroxylation sites is 3. The second-order valence-electron chi connectivity index (χ2n) is 5.45. The average molecular weight is 386 g/mol. The Labute approximate surface area is 162 Å². The third kappa shape index (κ3) is 6.01. The smallest absolute Gasteiger partial charge is 0.340 e. The number of carbonyl (C=O) groups excluding carboxylic acids is 3. The maximum Gasteiger partial charge on any atom is 0.340 e. The van der Waals surface area contributed by atoms with E-state index in [4.69, 9.17) is 14.2 Å². The molecule has 0 saturated heterocycles. The lowest BCUT2D eigenvalue weighted by atomic mass is 10.2. The molecular formula is C20H22N2O6. The van der Waals surface area contributed by atoms with Crippen LogP contribution in [-0.4, -0.2) is 37.2 Å². The first-order chi connectivity index (χ1) is 13.5.